The number of hydrogen-bond donors (Lipinski definition) is 2. The van der Waals surface area contributed by atoms with Crippen LogP contribution in [0.3, 0.4) is 0 Å². The third-order valence-electron chi connectivity index (χ3n) is 4.78. The van der Waals surface area contributed by atoms with E-state index in [1.165, 1.54) is 25.7 Å². The number of amides is 2. The van der Waals surface area contributed by atoms with Gasteiger partial charge >= 0.3 is 0 Å². The van der Waals surface area contributed by atoms with Crippen LogP contribution >= 0.6 is 0 Å². The summed E-state index contributed by atoms with van der Waals surface area (Å²) in [6, 6.07) is 0. The SMILES string of the molecule is CCCC/C=C/CC(=O)NCCCN(CC)CCCNC(=O)C/C=C/CCCC. The molecule has 0 fully saturated rings. The van der Waals surface area contributed by atoms with Gasteiger partial charge in [-0.05, 0) is 45.3 Å². The van der Waals surface area contributed by atoms with Crippen molar-refractivity contribution in [2.24, 2.45) is 0 Å². The van der Waals surface area contributed by atoms with Gasteiger partial charge in [0, 0.05) is 25.9 Å². The van der Waals surface area contributed by atoms with E-state index >= 15 is 0 Å². The first-order valence-corrected chi connectivity index (χ1v) is 11.7. The highest BCUT2D eigenvalue weighted by Crippen LogP contribution is 1.98. The van der Waals surface area contributed by atoms with E-state index in [-0.39, 0.29) is 11.8 Å². The minimum absolute atomic E-state index is 0.104. The zero-order valence-electron chi connectivity index (χ0n) is 19.2. The average Bonchev–Trinajstić information content (AvgIpc) is 2.72. The van der Waals surface area contributed by atoms with Gasteiger partial charge in [0.15, 0.2) is 0 Å². The Morgan fingerprint density at radius 3 is 1.52 bits per heavy atom. The maximum atomic E-state index is 11.8. The quantitative estimate of drug-likeness (QED) is 0.243. The lowest BCUT2D eigenvalue weighted by Crippen LogP contribution is -2.32. The standard InChI is InChI=1S/C24H45N3O2/c1-4-7-9-11-13-17-23(28)25-19-15-21-27(6-3)22-16-20-26-24(29)18-14-12-10-8-5-2/h11-14H,4-10,15-22H2,1-3H3,(H,25,28)(H,26,29)/b13-11+,14-12+. The van der Waals surface area contributed by atoms with Crippen molar-refractivity contribution in [1.82, 2.24) is 15.5 Å². The summed E-state index contributed by atoms with van der Waals surface area (Å²) in [7, 11) is 0. The van der Waals surface area contributed by atoms with Crippen molar-refractivity contribution in [3.05, 3.63) is 24.3 Å². The molecule has 0 saturated carbocycles. The van der Waals surface area contributed by atoms with Crippen molar-refractivity contribution in [2.75, 3.05) is 32.7 Å². The topological polar surface area (TPSA) is 61.4 Å². The molecule has 0 aromatic rings. The molecule has 0 atom stereocenters. The first-order valence-electron chi connectivity index (χ1n) is 11.7. The predicted octanol–water partition coefficient (Wildman–Crippen LogP) is 4.59. The summed E-state index contributed by atoms with van der Waals surface area (Å²) in [6.45, 7) is 10.9. The summed E-state index contributed by atoms with van der Waals surface area (Å²) in [4.78, 5) is 25.9. The van der Waals surface area contributed by atoms with Gasteiger partial charge in [-0.15, -0.1) is 0 Å². The van der Waals surface area contributed by atoms with Crippen LogP contribution in [0.5, 0.6) is 0 Å². The van der Waals surface area contributed by atoms with Crippen LogP contribution in [0.25, 0.3) is 0 Å². The molecule has 0 saturated heterocycles. The molecule has 0 aliphatic heterocycles. The Balaban J connectivity index is 3.69. The van der Waals surface area contributed by atoms with Crippen LogP contribution in [0, 0.1) is 0 Å². The molecule has 0 bridgehead atoms. The molecule has 29 heavy (non-hydrogen) atoms. The Morgan fingerprint density at radius 1 is 0.690 bits per heavy atom. The number of hydrogen-bond acceptors (Lipinski definition) is 3. The highest BCUT2D eigenvalue weighted by Gasteiger charge is 2.04. The number of allylic oxidation sites excluding steroid dienone is 2. The van der Waals surface area contributed by atoms with E-state index in [0.717, 1.165) is 58.4 Å². The van der Waals surface area contributed by atoms with Gasteiger partial charge in [0.1, 0.15) is 0 Å². The first kappa shape index (κ1) is 27.4. The highest BCUT2D eigenvalue weighted by molar-refractivity contribution is 5.77. The van der Waals surface area contributed by atoms with E-state index in [1.807, 2.05) is 12.2 Å². The van der Waals surface area contributed by atoms with E-state index in [1.54, 1.807) is 0 Å². The number of nitrogens with one attached hydrogen (secondary N) is 2. The molecule has 2 amide bonds. The Bertz CT molecular complexity index is 421. The summed E-state index contributed by atoms with van der Waals surface area (Å²) in [6.07, 6.45) is 17.9. The van der Waals surface area contributed by atoms with Crippen molar-refractivity contribution >= 4 is 11.8 Å². The van der Waals surface area contributed by atoms with Crippen LogP contribution < -0.4 is 10.6 Å². The van der Waals surface area contributed by atoms with Crippen LogP contribution in [0.2, 0.25) is 0 Å². The van der Waals surface area contributed by atoms with Gasteiger partial charge in [-0.25, -0.2) is 0 Å². The van der Waals surface area contributed by atoms with Gasteiger partial charge in [0.25, 0.3) is 0 Å². The molecule has 0 rings (SSSR count). The van der Waals surface area contributed by atoms with Crippen molar-refractivity contribution in [1.29, 1.82) is 0 Å². The van der Waals surface area contributed by atoms with Gasteiger partial charge in [-0.3, -0.25) is 9.59 Å². The van der Waals surface area contributed by atoms with Crippen molar-refractivity contribution in [2.45, 2.75) is 85.0 Å². The first-order chi connectivity index (χ1) is 14.1. The second-order valence-corrected chi connectivity index (χ2v) is 7.48. The summed E-state index contributed by atoms with van der Waals surface area (Å²) in [5, 5.41) is 5.97. The third kappa shape index (κ3) is 19.5. The van der Waals surface area contributed by atoms with Gasteiger partial charge < -0.3 is 15.5 Å². The fraction of sp³-hybridized carbons (Fsp3) is 0.750. The monoisotopic (exact) mass is 407 g/mol. The number of carbonyl (C=O) groups excluding carboxylic acids is 2. The minimum Gasteiger partial charge on any atom is -0.356 e. The Kier molecular flexibility index (Phi) is 19.9. The zero-order chi connectivity index (χ0) is 21.6. The molecule has 0 aliphatic carbocycles. The van der Waals surface area contributed by atoms with E-state index in [0.29, 0.717) is 12.8 Å². The lowest BCUT2D eigenvalue weighted by atomic mass is 10.2. The molecule has 5 heteroatoms. The van der Waals surface area contributed by atoms with Gasteiger partial charge in [0.05, 0.1) is 0 Å². The van der Waals surface area contributed by atoms with Crippen LogP contribution in [0.4, 0.5) is 0 Å². The van der Waals surface area contributed by atoms with Crippen molar-refractivity contribution in [3.63, 3.8) is 0 Å². The summed E-state index contributed by atoms with van der Waals surface area (Å²) in [5.74, 6) is 0.208. The van der Waals surface area contributed by atoms with Crippen molar-refractivity contribution < 1.29 is 9.59 Å². The van der Waals surface area contributed by atoms with E-state index in [2.05, 4.69) is 48.5 Å². The van der Waals surface area contributed by atoms with Crippen LogP contribution in [-0.4, -0.2) is 49.4 Å². The highest BCUT2D eigenvalue weighted by atomic mass is 16.2. The van der Waals surface area contributed by atoms with Gasteiger partial charge in [-0.1, -0.05) is 70.8 Å². The number of rotatable bonds is 19. The third-order valence-corrected chi connectivity index (χ3v) is 4.78. The number of carbonyl (C=O) groups is 2. The van der Waals surface area contributed by atoms with Crippen molar-refractivity contribution in [3.8, 4) is 0 Å². The largest absolute Gasteiger partial charge is 0.356 e. The molecular weight excluding hydrogens is 362 g/mol. The lowest BCUT2D eigenvalue weighted by molar-refractivity contribution is -0.121. The summed E-state index contributed by atoms with van der Waals surface area (Å²) >= 11 is 0. The molecular formula is C24H45N3O2. The van der Waals surface area contributed by atoms with E-state index in [4.69, 9.17) is 0 Å². The van der Waals surface area contributed by atoms with E-state index in [9.17, 15) is 9.59 Å². The molecule has 0 spiro atoms. The molecule has 0 unspecified atom stereocenters. The van der Waals surface area contributed by atoms with Gasteiger partial charge in [0.2, 0.25) is 11.8 Å². The lowest BCUT2D eigenvalue weighted by Gasteiger charge is -2.20. The van der Waals surface area contributed by atoms with Crippen LogP contribution in [-0.2, 0) is 9.59 Å². The maximum Gasteiger partial charge on any atom is 0.223 e. The predicted molar refractivity (Wildman–Crippen MR) is 124 cm³/mol. The molecule has 0 aromatic carbocycles. The summed E-state index contributed by atoms with van der Waals surface area (Å²) < 4.78 is 0. The van der Waals surface area contributed by atoms with E-state index < -0.39 is 0 Å². The summed E-state index contributed by atoms with van der Waals surface area (Å²) in [5.41, 5.74) is 0. The maximum absolute atomic E-state index is 11.8. The average molecular weight is 408 g/mol. The molecule has 5 nitrogen and oxygen atoms in total. The van der Waals surface area contributed by atoms with Crippen LogP contribution in [0.15, 0.2) is 24.3 Å². The fourth-order valence-corrected chi connectivity index (χ4v) is 2.89. The second-order valence-electron chi connectivity index (χ2n) is 7.48. The molecule has 0 aliphatic rings. The molecule has 2 N–H and O–H groups in total. The Morgan fingerprint density at radius 2 is 1.14 bits per heavy atom. The Hall–Kier alpha value is -1.62. The molecule has 0 radical (unpaired) electrons. The number of nitrogens with zero attached hydrogens (tertiary/aromatic N) is 1. The minimum atomic E-state index is 0.104. The smallest absolute Gasteiger partial charge is 0.223 e. The zero-order valence-corrected chi connectivity index (χ0v) is 19.2. The van der Waals surface area contributed by atoms with Gasteiger partial charge in [-0.2, -0.15) is 0 Å². The normalized spacial score (nSPS) is 11.6. The number of unbranched alkanes of at least 4 members (excludes halogenated alkanes) is 4. The second kappa shape index (κ2) is 21.1. The van der Waals surface area contributed by atoms with Crippen LogP contribution in [0.1, 0.15) is 85.0 Å². The Labute approximate surface area is 179 Å². The molecule has 168 valence electrons. The fourth-order valence-electron chi connectivity index (χ4n) is 2.89. The molecule has 0 aromatic heterocycles. The molecule has 0 heterocycles.